The Morgan fingerprint density at radius 2 is 1.74 bits per heavy atom. The Morgan fingerprint density at radius 1 is 1.10 bits per heavy atom. The van der Waals surface area contributed by atoms with Gasteiger partial charge in [0.05, 0.1) is 16.5 Å². The van der Waals surface area contributed by atoms with Crippen LogP contribution in [0.1, 0.15) is 36.5 Å². The topological polar surface area (TPSA) is 90.7 Å². The van der Waals surface area contributed by atoms with Crippen molar-refractivity contribution in [3.8, 4) is 11.8 Å². The molecule has 164 valence electrons. The summed E-state index contributed by atoms with van der Waals surface area (Å²) in [6.07, 6.45) is 0. The first-order valence-corrected chi connectivity index (χ1v) is 11.7. The van der Waals surface area contributed by atoms with Gasteiger partial charge >= 0.3 is 0 Å². The van der Waals surface area contributed by atoms with Gasteiger partial charge in [0.25, 0.3) is 5.91 Å². The number of nitrogens with zero attached hydrogens (tertiary/aromatic N) is 3. The van der Waals surface area contributed by atoms with Gasteiger partial charge in [-0.15, -0.1) is 0 Å². The number of carbonyl (C=O) groups is 1. The lowest BCUT2D eigenvalue weighted by Gasteiger charge is -2.34. The van der Waals surface area contributed by atoms with E-state index in [4.69, 9.17) is 10.00 Å². The van der Waals surface area contributed by atoms with Crippen LogP contribution in [0.2, 0.25) is 0 Å². The second-order valence-corrected chi connectivity index (χ2v) is 9.82. The smallest absolute Gasteiger partial charge is 0.260 e. The molecule has 0 N–H and O–H groups in total. The number of benzene rings is 2. The molecule has 1 amide bonds. The number of nitriles is 1. The first kappa shape index (κ1) is 22.8. The third kappa shape index (κ3) is 5.24. The van der Waals surface area contributed by atoms with Crippen LogP contribution in [0.15, 0.2) is 47.4 Å². The molecule has 2 aromatic carbocycles. The summed E-state index contributed by atoms with van der Waals surface area (Å²) in [5.74, 6) is 0.908. The maximum Gasteiger partial charge on any atom is 0.260 e. The predicted octanol–water partition coefficient (Wildman–Crippen LogP) is 2.90. The highest BCUT2D eigenvalue weighted by Crippen LogP contribution is 2.24. The summed E-state index contributed by atoms with van der Waals surface area (Å²) in [5, 5.41) is 8.87. The number of piperazine rings is 1. The van der Waals surface area contributed by atoms with Gasteiger partial charge in [-0.1, -0.05) is 19.9 Å². The number of ether oxygens (including phenoxy) is 1. The molecule has 2 aromatic rings. The van der Waals surface area contributed by atoms with Gasteiger partial charge in [-0.05, 0) is 60.4 Å². The quantitative estimate of drug-likeness (QED) is 0.687. The minimum absolute atomic E-state index is 0.0805. The standard InChI is InChI=1S/C23H27N3O4S/c1-17(2)22-9-6-20(14-18(22)3)30-16-23(27)25-10-12-26(13-11-25)31(28,29)21-7-4-19(15-24)5-8-21/h4-9,14,17H,10-13,16H2,1-3H3. The summed E-state index contributed by atoms with van der Waals surface area (Å²) in [6.45, 7) is 7.26. The molecule has 1 saturated heterocycles. The van der Waals surface area contributed by atoms with Crippen LogP contribution < -0.4 is 4.74 Å². The van der Waals surface area contributed by atoms with Crippen molar-refractivity contribution in [2.24, 2.45) is 0 Å². The number of carbonyl (C=O) groups excluding carboxylic acids is 1. The van der Waals surface area contributed by atoms with Crippen molar-refractivity contribution < 1.29 is 17.9 Å². The van der Waals surface area contributed by atoms with E-state index in [9.17, 15) is 13.2 Å². The molecule has 31 heavy (non-hydrogen) atoms. The fourth-order valence-electron chi connectivity index (χ4n) is 3.65. The number of hydrogen-bond acceptors (Lipinski definition) is 5. The van der Waals surface area contributed by atoms with Crippen molar-refractivity contribution in [3.63, 3.8) is 0 Å². The molecule has 1 fully saturated rings. The Balaban J connectivity index is 1.54. The van der Waals surface area contributed by atoms with Crippen LogP contribution in [0.4, 0.5) is 0 Å². The number of hydrogen-bond donors (Lipinski definition) is 0. The van der Waals surface area contributed by atoms with E-state index in [1.165, 1.54) is 34.1 Å². The minimum Gasteiger partial charge on any atom is -0.484 e. The van der Waals surface area contributed by atoms with E-state index < -0.39 is 10.0 Å². The fraction of sp³-hybridized carbons (Fsp3) is 0.391. The van der Waals surface area contributed by atoms with Gasteiger partial charge in [0.1, 0.15) is 5.75 Å². The number of aryl methyl sites for hydroxylation is 1. The Bertz CT molecular complexity index is 1080. The molecule has 3 rings (SSSR count). The molecule has 0 bridgehead atoms. The van der Waals surface area contributed by atoms with E-state index in [-0.39, 0.29) is 30.5 Å². The molecule has 0 aromatic heterocycles. The summed E-state index contributed by atoms with van der Waals surface area (Å²) >= 11 is 0. The zero-order chi connectivity index (χ0) is 22.6. The average Bonchev–Trinajstić information content (AvgIpc) is 2.77. The van der Waals surface area contributed by atoms with Crippen molar-refractivity contribution in [2.45, 2.75) is 31.6 Å². The summed E-state index contributed by atoms with van der Waals surface area (Å²) < 4.78 is 32.6. The largest absolute Gasteiger partial charge is 0.484 e. The van der Waals surface area contributed by atoms with E-state index in [1.807, 2.05) is 31.2 Å². The van der Waals surface area contributed by atoms with E-state index in [2.05, 4.69) is 13.8 Å². The third-order valence-electron chi connectivity index (χ3n) is 5.44. The van der Waals surface area contributed by atoms with Crippen LogP contribution in [-0.2, 0) is 14.8 Å². The molecule has 0 unspecified atom stereocenters. The highest BCUT2D eigenvalue weighted by Gasteiger charge is 2.30. The van der Waals surface area contributed by atoms with E-state index >= 15 is 0 Å². The highest BCUT2D eigenvalue weighted by atomic mass is 32.2. The number of amides is 1. The highest BCUT2D eigenvalue weighted by molar-refractivity contribution is 7.89. The molecular formula is C23H27N3O4S. The Kier molecular flexibility index (Phi) is 6.98. The van der Waals surface area contributed by atoms with Gasteiger partial charge in [0.2, 0.25) is 10.0 Å². The van der Waals surface area contributed by atoms with Crippen molar-refractivity contribution in [3.05, 3.63) is 59.2 Å². The van der Waals surface area contributed by atoms with Gasteiger partial charge < -0.3 is 9.64 Å². The molecule has 1 aliphatic rings. The number of rotatable bonds is 6. The predicted molar refractivity (Wildman–Crippen MR) is 117 cm³/mol. The van der Waals surface area contributed by atoms with Crippen molar-refractivity contribution in [2.75, 3.05) is 32.8 Å². The van der Waals surface area contributed by atoms with Crippen LogP contribution in [0, 0.1) is 18.3 Å². The molecule has 1 aliphatic heterocycles. The van der Waals surface area contributed by atoms with E-state index in [0.29, 0.717) is 30.3 Å². The molecular weight excluding hydrogens is 414 g/mol. The van der Waals surface area contributed by atoms with Crippen LogP contribution in [0.3, 0.4) is 0 Å². The normalized spacial score (nSPS) is 15.0. The summed E-state index contributed by atoms with van der Waals surface area (Å²) in [5.41, 5.74) is 2.78. The number of sulfonamides is 1. The van der Waals surface area contributed by atoms with Crippen LogP contribution in [0.25, 0.3) is 0 Å². The molecule has 0 atom stereocenters. The first-order chi connectivity index (χ1) is 14.7. The van der Waals surface area contributed by atoms with Gasteiger partial charge in [0, 0.05) is 26.2 Å². The maximum absolute atomic E-state index is 12.8. The molecule has 7 nitrogen and oxygen atoms in total. The van der Waals surface area contributed by atoms with Gasteiger partial charge in [-0.3, -0.25) is 4.79 Å². The molecule has 1 heterocycles. The average molecular weight is 442 g/mol. The summed E-state index contributed by atoms with van der Waals surface area (Å²) in [4.78, 5) is 14.3. The third-order valence-corrected chi connectivity index (χ3v) is 7.35. The molecule has 0 radical (unpaired) electrons. The second-order valence-electron chi connectivity index (χ2n) is 7.88. The Morgan fingerprint density at radius 3 is 2.29 bits per heavy atom. The fourth-order valence-corrected chi connectivity index (χ4v) is 5.07. The monoisotopic (exact) mass is 441 g/mol. The van der Waals surface area contributed by atoms with Gasteiger partial charge in [0.15, 0.2) is 6.61 Å². The zero-order valence-electron chi connectivity index (χ0n) is 18.0. The minimum atomic E-state index is -3.65. The van der Waals surface area contributed by atoms with Crippen LogP contribution in [-0.4, -0.2) is 56.3 Å². The van der Waals surface area contributed by atoms with Crippen molar-refractivity contribution in [1.29, 1.82) is 5.26 Å². The molecule has 0 spiro atoms. The van der Waals surface area contributed by atoms with E-state index in [1.54, 1.807) is 4.90 Å². The Labute approximate surface area is 183 Å². The lowest BCUT2D eigenvalue weighted by Crippen LogP contribution is -2.51. The molecule has 0 aliphatic carbocycles. The Hall–Kier alpha value is -2.89. The van der Waals surface area contributed by atoms with Crippen molar-refractivity contribution in [1.82, 2.24) is 9.21 Å². The summed E-state index contributed by atoms with van der Waals surface area (Å²) in [6, 6.07) is 13.6. The van der Waals surface area contributed by atoms with Gasteiger partial charge in [-0.25, -0.2) is 8.42 Å². The zero-order valence-corrected chi connectivity index (χ0v) is 18.9. The lowest BCUT2D eigenvalue weighted by molar-refractivity contribution is -0.134. The maximum atomic E-state index is 12.8. The molecule has 0 saturated carbocycles. The second kappa shape index (κ2) is 9.50. The summed E-state index contributed by atoms with van der Waals surface area (Å²) in [7, 11) is -3.65. The molecule has 8 heteroatoms. The SMILES string of the molecule is Cc1cc(OCC(=O)N2CCN(S(=O)(=O)c3ccc(C#N)cc3)CC2)ccc1C(C)C. The van der Waals surface area contributed by atoms with Gasteiger partial charge in [-0.2, -0.15) is 9.57 Å². The van der Waals surface area contributed by atoms with Crippen LogP contribution >= 0.6 is 0 Å². The lowest BCUT2D eigenvalue weighted by atomic mass is 9.98. The van der Waals surface area contributed by atoms with E-state index in [0.717, 1.165) is 5.56 Å². The first-order valence-electron chi connectivity index (χ1n) is 10.2. The van der Waals surface area contributed by atoms with Crippen molar-refractivity contribution >= 4 is 15.9 Å². The van der Waals surface area contributed by atoms with Crippen LogP contribution in [0.5, 0.6) is 5.75 Å².